The first-order valence-electron chi connectivity index (χ1n) is 9.02. The molecule has 0 aliphatic carbocycles. The molecule has 28 heavy (non-hydrogen) atoms. The zero-order valence-electron chi connectivity index (χ0n) is 15.6. The average Bonchev–Trinajstić information content (AvgIpc) is 2.74. The zero-order valence-corrected chi connectivity index (χ0v) is 16.4. The van der Waals surface area contributed by atoms with E-state index in [1.807, 2.05) is 24.3 Å². The highest BCUT2D eigenvalue weighted by atomic mass is 32.2. The Hall–Kier alpha value is -3.12. The van der Waals surface area contributed by atoms with Crippen molar-refractivity contribution in [1.29, 1.82) is 0 Å². The van der Waals surface area contributed by atoms with Gasteiger partial charge in [0.1, 0.15) is 6.54 Å². The third-order valence-electron chi connectivity index (χ3n) is 4.31. The van der Waals surface area contributed by atoms with Crippen molar-refractivity contribution in [3.63, 3.8) is 0 Å². The number of carbonyl (C=O) groups is 1. The Morgan fingerprint density at radius 2 is 1.43 bits per heavy atom. The number of hydrogen-bond donors (Lipinski definition) is 1. The van der Waals surface area contributed by atoms with Crippen LogP contribution in [-0.2, 0) is 21.2 Å². The summed E-state index contributed by atoms with van der Waals surface area (Å²) >= 11 is 0. The van der Waals surface area contributed by atoms with Gasteiger partial charge in [0.25, 0.3) is 10.0 Å². The lowest BCUT2D eigenvalue weighted by molar-refractivity contribution is -0.114. The minimum atomic E-state index is -3.88. The Morgan fingerprint density at radius 1 is 0.857 bits per heavy atom. The summed E-state index contributed by atoms with van der Waals surface area (Å²) in [5.41, 5.74) is 2.23. The van der Waals surface area contributed by atoms with Gasteiger partial charge >= 0.3 is 0 Å². The maximum Gasteiger partial charge on any atom is 0.264 e. The summed E-state index contributed by atoms with van der Waals surface area (Å²) < 4.78 is 27.4. The second-order valence-corrected chi connectivity index (χ2v) is 8.12. The highest BCUT2D eigenvalue weighted by Crippen LogP contribution is 2.23. The van der Waals surface area contributed by atoms with Crippen LogP contribution in [0.3, 0.4) is 0 Å². The summed E-state index contributed by atoms with van der Waals surface area (Å²) in [7, 11) is -3.88. The van der Waals surface area contributed by atoms with Crippen molar-refractivity contribution in [3.05, 3.63) is 90.5 Å². The van der Waals surface area contributed by atoms with Crippen molar-refractivity contribution in [1.82, 2.24) is 0 Å². The van der Waals surface area contributed by atoms with E-state index in [4.69, 9.17) is 0 Å². The van der Waals surface area contributed by atoms with Gasteiger partial charge in [-0.2, -0.15) is 0 Å². The molecule has 0 unspecified atom stereocenters. The van der Waals surface area contributed by atoms with Crippen molar-refractivity contribution in [2.75, 3.05) is 16.2 Å². The van der Waals surface area contributed by atoms with Gasteiger partial charge in [0.2, 0.25) is 5.91 Å². The Balaban J connectivity index is 1.86. The molecule has 0 heterocycles. The van der Waals surface area contributed by atoms with Crippen LogP contribution in [0.4, 0.5) is 11.4 Å². The third-order valence-corrected chi connectivity index (χ3v) is 6.10. The molecule has 0 spiro atoms. The molecular weight excluding hydrogens is 372 g/mol. The number of para-hydroxylation sites is 1. The number of nitrogens with zero attached hydrogens (tertiary/aromatic N) is 1. The van der Waals surface area contributed by atoms with E-state index in [-0.39, 0.29) is 11.4 Å². The van der Waals surface area contributed by atoms with Gasteiger partial charge < -0.3 is 5.32 Å². The molecule has 1 amide bonds. The molecule has 0 saturated carbocycles. The van der Waals surface area contributed by atoms with Crippen LogP contribution in [0.2, 0.25) is 0 Å². The van der Waals surface area contributed by atoms with Crippen LogP contribution in [0.25, 0.3) is 0 Å². The Labute approximate surface area is 165 Å². The monoisotopic (exact) mass is 394 g/mol. The standard InChI is InChI=1S/C22H22N2O3S/c1-2-18-13-15-19(16-14-18)23-22(25)17-24(20-9-5-3-6-10-20)28(26,27)21-11-7-4-8-12-21/h3-16H,2,17H2,1H3,(H,23,25). The number of rotatable bonds is 7. The van der Waals surface area contributed by atoms with Gasteiger partial charge in [-0.05, 0) is 48.4 Å². The van der Waals surface area contributed by atoms with Gasteiger partial charge in [0.05, 0.1) is 10.6 Å². The predicted molar refractivity (Wildman–Crippen MR) is 112 cm³/mol. The normalized spacial score (nSPS) is 11.0. The molecule has 0 aliphatic rings. The molecule has 0 aromatic heterocycles. The quantitative estimate of drug-likeness (QED) is 0.657. The van der Waals surface area contributed by atoms with Gasteiger partial charge in [-0.1, -0.05) is 55.5 Å². The molecule has 6 heteroatoms. The van der Waals surface area contributed by atoms with Gasteiger partial charge in [-0.25, -0.2) is 8.42 Å². The highest BCUT2D eigenvalue weighted by Gasteiger charge is 2.26. The summed E-state index contributed by atoms with van der Waals surface area (Å²) in [4.78, 5) is 12.7. The number of anilines is 2. The van der Waals surface area contributed by atoms with Gasteiger partial charge in [0.15, 0.2) is 0 Å². The molecule has 1 N–H and O–H groups in total. The van der Waals surface area contributed by atoms with Gasteiger partial charge in [-0.15, -0.1) is 0 Å². The lowest BCUT2D eigenvalue weighted by atomic mass is 10.1. The number of nitrogens with one attached hydrogen (secondary N) is 1. The van der Waals surface area contributed by atoms with Crippen LogP contribution >= 0.6 is 0 Å². The topological polar surface area (TPSA) is 66.5 Å². The molecule has 3 rings (SSSR count). The van der Waals surface area contributed by atoms with Crippen molar-refractivity contribution < 1.29 is 13.2 Å². The second kappa shape index (κ2) is 8.71. The number of sulfonamides is 1. The van der Waals surface area contributed by atoms with E-state index in [1.54, 1.807) is 48.5 Å². The largest absolute Gasteiger partial charge is 0.325 e. The van der Waals surface area contributed by atoms with Crippen LogP contribution in [0.1, 0.15) is 12.5 Å². The molecule has 5 nitrogen and oxygen atoms in total. The van der Waals surface area contributed by atoms with E-state index in [9.17, 15) is 13.2 Å². The summed E-state index contributed by atoms with van der Waals surface area (Å²) in [6.45, 7) is 1.73. The van der Waals surface area contributed by atoms with Crippen molar-refractivity contribution in [2.24, 2.45) is 0 Å². The molecule has 144 valence electrons. The lowest BCUT2D eigenvalue weighted by Gasteiger charge is -2.24. The van der Waals surface area contributed by atoms with E-state index < -0.39 is 15.9 Å². The zero-order chi connectivity index (χ0) is 20.0. The van der Waals surface area contributed by atoms with Gasteiger partial charge in [-0.3, -0.25) is 9.10 Å². The van der Waals surface area contributed by atoms with Crippen molar-refractivity contribution in [3.8, 4) is 0 Å². The average molecular weight is 394 g/mol. The number of aryl methyl sites for hydroxylation is 1. The fourth-order valence-electron chi connectivity index (χ4n) is 2.78. The maximum absolute atomic E-state index is 13.2. The minimum Gasteiger partial charge on any atom is -0.325 e. The summed E-state index contributed by atoms with van der Waals surface area (Å²) in [6.07, 6.45) is 0.908. The van der Waals surface area contributed by atoms with E-state index in [2.05, 4.69) is 12.2 Å². The number of carbonyl (C=O) groups excluding carboxylic acids is 1. The molecule has 3 aromatic carbocycles. The van der Waals surface area contributed by atoms with Crippen LogP contribution in [0, 0.1) is 0 Å². The van der Waals surface area contributed by atoms with Crippen LogP contribution in [0.5, 0.6) is 0 Å². The van der Waals surface area contributed by atoms with Crippen molar-refractivity contribution in [2.45, 2.75) is 18.2 Å². The SMILES string of the molecule is CCc1ccc(NC(=O)CN(c2ccccc2)S(=O)(=O)c2ccccc2)cc1. The summed E-state index contributed by atoms with van der Waals surface area (Å²) in [5.74, 6) is -0.410. The number of hydrogen-bond acceptors (Lipinski definition) is 3. The van der Waals surface area contributed by atoms with E-state index in [0.29, 0.717) is 11.4 Å². The highest BCUT2D eigenvalue weighted by molar-refractivity contribution is 7.92. The fraction of sp³-hybridized carbons (Fsp3) is 0.136. The maximum atomic E-state index is 13.2. The lowest BCUT2D eigenvalue weighted by Crippen LogP contribution is -2.38. The summed E-state index contributed by atoms with van der Waals surface area (Å²) in [5, 5.41) is 2.77. The minimum absolute atomic E-state index is 0.138. The van der Waals surface area contributed by atoms with E-state index in [1.165, 1.54) is 12.1 Å². The third kappa shape index (κ3) is 4.58. The number of benzene rings is 3. The smallest absolute Gasteiger partial charge is 0.264 e. The molecule has 0 radical (unpaired) electrons. The molecule has 0 atom stereocenters. The number of amides is 1. The van der Waals surface area contributed by atoms with Crippen LogP contribution < -0.4 is 9.62 Å². The van der Waals surface area contributed by atoms with E-state index >= 15 is 0 Å². The van der Waals surface area contributed by atoms with E-state index in [0.717, 1.165) is 16.3 Å². The first-order valence-corrected chi connectivity index (χ1v) is 10.5. The predicted octanol–water partition coefficient (Wildman–Crippen LogP) is 4.08. The van der Waals surface area contributed by atoms with Crippen LogP contribution in [0.15, 0.2) is 89.8 Å². The molecular formula is C22H22N2O3S. The first kappa shape index (κ1) is 19.6. The molecule has 0 saturated heterocycles. The Kier molecular flexibility index (Phi) is 6.11. The van der Waals surface area contributed by atoms with Gasteiger partial charge in [0, 0.05) is 5.69 Å². The van der Waals surface area contributed by atoms with Crippen LogP contribution in [-0.4, -0.2) is 20.9 Å². The Morgan fingerprint density at radius 3 is 2.00 bits per heavy atom. The molecule has 0 bridgehead atoms. The first-order chi connectivity index (χ1) is 13.5. The second-order valence-electron chi connectivity index (χ2n) is 6.26. The fourth-order valence-corrected chi connectivity index (χ4v) is 4.23. The van der Waals surface area contributed by atoms with Crippen molar-refractivity contribution >= 4 is 27.3 Å². The molecule has 3 aromatic rings. The molecule has 0 aliphatic heterocycles. The Bertz CT molecular complexity index is 1020. The molecule has 0 fully saturated rings. The summed E-state index contributed by atoms with van der Waals surface area (Å²) in [6, 6.07) is 24.2.